The summed E-state index contributed by atoms with van der Waals surface area (Å²) < 4.78 is 1.11. The highest BCUT2D eigenvalue weighted by molar-refractivity contribution is 9.10. The van der Waals surface area contributed by atoms with Crippen LogP contribution < -0.4 is 5.32 Å². The monoisotopic (exact) mass is 259 g/mol. The predicted molar refractivity (Wildman–Crippen MR) is 59.1 cm³/mol. The lowest BCUT2D eigenvalue weighted by Gasteiger charge is -2.12. The molecular formula is C10H11BrClN. The van der Waals surface area contributed by atoms with Gasteiger partial charge in [-0.3, -0.25) is 0 Å². The standard InChI is InChI=1S/C10H11BrClN/c11-9-6-7(12)3-4-8(9)10-2-1-5-13-10/h3-4,6,10,13H,1-2,5H2. The molecule has 3 heteroatoms. The first-order valence-electron chi connectivity index (χ1n) is 4.46. The van der Waals surface area contributed by atoms with Crippen molar-refractivity contribution in [3.8, 4) is 0 Å². The molecule has 1 unspecified atom stereocenters. The molecular weight excluding hydrogens is 249 g/mol. The molecule has 0 amide bonds. The van der Waals surface area contributed by atoms with Crippen LogP contribution in [0.5, 0.6) is 0 Å². The molecule has 1 aliphatic rings. The van der Waals surface area contributed by atoms with Crippen molar-refractivity contribution in [1.82, 2.24) is 5.32 Å². The molecule has 1 atom stereocenters. The Labute approximate surface area is 91.6 Å². The van der Waals surface area contributed by atoms with Gasteiger partial charge in [-0.25, -0.2) is 0 Å². The van der Waals surface area contributed by atoms with E-state index >= 15 is 0 Å². The summed E-state index contributed by atoms with van der Waals surface area (Å²) in [6, 6.07) is 6.50. The van der Waals surface area contributed by atoms with Crippen LogP contribution in [0.4, 0.5) is 0 Å². The van der Waals surface area contributed by atoms with E-state index in [0.29, 0.717) is 6.04 Å². The Morgan fingerprint density at radius 1 is 1.46 bits per heavy atom. The number of benzene rings is 1. The van der Waals surface area contributed by atoms with Crippen LogP contribution in [0.15, 0.2) is 22.7 Å². The lowest BCUT2D eigenvalue weighted by molar-refractivity contribution is 0.645. The summed E-state index contributed by atoms with van der Waals surface area (Å²) >= 11 is 9.41. The Balaban J connectivity index is 2.29. The maximum absolute atomic E-state index is 5.87. The summed E-state index contributed by atoms with van der Waals surface area (Å²) in [7, 11) is 0. The van der Waals surface area contributed by atoms with Gasteiger partial charge >= 0.3 is 0 Å². The molecule has 0 bridgehead atoms. The van der Waals surface area contributed by atoms with Crippen molar-refractivity contribution in [2.24, 2.45) is 0 Å². The molecule has 1 aromatic rings. The highest BCUT2D eigenvalue weighted by atomic mass is 79.9. The minimum Gasteiger partial charge on any atom is -0.310 e. The molecule has 1 saturated heterocycles. The molecule has 0 aromatic heterocycles. The molecule has 13 heavy (non-hydrogen) atoms. The van der Waals surface area contributed by atoms with Crippen molar-refractivity contribution in [3.05, 3.63) is 33.3 Å². The van der Waals surface area contributed by atoms with Gasteiger partial charge in [0.15, 0.2) is 0 Å². The second-order valence-electron chi connectivity index (χ2n) is 3.31. The molecule has 1 aliphatic heterocycles. The van der Waals surface area contributed by atoms with Gasteiger partial charge in [-0.15, -0.1) is 0 Å². The molecule has 1 aromatic carbocycles. The van der Waals surface area contributed by atoms with Gasteiger partial charge in [-0.1, -0.05) is 33.6 Å². The molecule has 2 rings (SSSR count). The number of rotatable bonds is 1. The average molecular weight is 261 g/mol. The highest BCUT2D eigenvalue weighted by Crippen LogP contribution is 2.31. The van der Waals surface area contributed by atoms with Crippen LogP contribution >= 0.6 is 27.5 Å². The molecule has 1 heterocycles. The van der Waals surface area contributed by atoms with Gasteiger partial charge in [-0.05, 0) is 37.1 Å². The Morgan fingerprint density at radius 3 is 2.92 bits per heavy atom. The van der Waals surface area contributed by atoms with E-state index in [9.17, 15) is 0 Å². The van der Waals surface area contributed by atoms with Gasteiger partial charge in [0.25, 0.3) is 0 Å². The normalized spacial score (nSPS) is 22.2. The van der Waals surface area contributed by atoms with Gasteiger partial charge in [0.05, 0.1) is 0 Å². The molecule has 70 valence electrons. The van der Waals surface area contributed by atoms with E-state index in [2.05, 4.69) is 27.3 Å². The fraction of sp³-hybridized carbons (Fsp3) is 0.400. The quantitative estimate of drug-likeness (QED) is 0.814. The van der Waals surface area contributed by atoms with E-state index in [-0.39, 0.29) is 0 Å². The van der Waals surface area contributed by atoms with Gasteiger partial charge in [-0.2, -0.15) is 0 Å². The van der Waals surface area contributed by atoms with Crippen LogP contribution in [0, 0.1) is 0 Å². The lowest BCUT2D eigenvalue weighted by Crippen LogP contribution is -2.13. The predicted octanol–water partition coefficient (Wildman–Crippen LogP) is 3.53. The second-order valence-corrected chi connectivity index (χ2v) is 4.61. The third-order valence-electron chi connectivity index (χ3n) is 2.40. The Kier molecular flexibility index (Phi) is 2.92. The van der Waals surface area contributed by atoms with E-state index in [1.54, 1.807) is 0 Å². The van der Waals surface area contributed by atoms with Crippen molar-refractivity contribution in [2.45, 2.75) is 18.9 Å². The Bertz CT molecular complexity index is 308. The van der Waals surface area contributed by atoms with Gasteiger partial charge in [0, 0.05) is 15.5 Å². The largest absolute Gasteiger partial charge is 0.310 e. The summed E-state index contributed by atoms with van der Waals surface area (Å²) in [5.74, 6) is 0. The first-order valence-corrected chi connectivity index (χ1v) is 5.63. The minimum absolute atomic E-state index is 0.506. The molecule has 0 saturated carbocycles. The molecule has 0 aliphatic carbocycles. The van der Waals surface area contributed by atoms with Crippen molar-refractivity contribution in [3.63, 3.8) is 0 Å². The number of halogens is 2. The Morgan fingerprint density at radius 2 is 2.31 bits per heavy atom. The molecule has 1 fully saturated rings. The minimum atomic E-state index is 0.506. The average Bonchev–Trinajstić information content (AvgIpc) is 2.56. The zero-order valence-electron chi connectivity index (χ0n) is 7.19. The van der Waals surface area contributed by atoms with Crippen LogP contribution in [0.3, 0.4) is 0 Å². The summed E-state index contributed by atoms with van der Waals surface area (Å²) in [5, 5.41) is 4.25. The zero-order chi connectivity index (χ0) is 9.26. The van der Waals surface area contributed by atoms with Crippen LogP contribution in [-0.2, 0) is 0 Å². The summed E-state index contributed by atoms with van der Waals surface area (Å²) in [6.45, 7) is 1.12. The fourth-order valence-corrected chi connectivity index (χ4v) is 2.69. The maximum atomic E-state index is 5.87. The van der Waals surface area contributed by atoms with Crippen LogP contribution in [0.2, 0.25) is 5.02 Å². The van der Waals surface area contributed by atoms with Gasteiger partial charge < -0.3 is 5.32 Å². The third-order valence-corrected chi connectivity index (χ3v) is 3.32. The third kappa shape index (κ3) is 2.06. The highest BCUT2D eigenvalue weighted by Gasteiger charge is 2.18. The van der Waals surface area contributed by atoms with Crippen molar-refractivity contribution >= 4 is 27.5 Å². The number of hydrogen-bond acceptors (Lipinski definition) is 1. The van der Waals surface area contributed by atoms with E-state index in [1.165, 1.54) is 18.4 Å². The van der Waals surface area contributed by atoms with Gasteiger partial charge in [0.1, 0.15) is 0 Å². The molecule has 0 spiro atoms. The zero-order valence-corrected chi connectivity index (χ0v) is 9.53. The van der Waals surface area contributed by atoms with E-state index in [4.69, 9.17) is 11.6 Å². The topological polar surface area (TPSA) is 12.0 Å². The summed E-state index contributed by atoms with van der Waals surface area (Å²) in [6.07, 6.45) is 2.49. The smallest absolute Gasteiger partial charge is 0.0417 e. The second kappa shape index (κ2) is 3.99. The maximum Gasteiger partial charge on any atom is 0.0417 e. The van der Waals surface area contributed by atoms with Crippen LogP contribution in [0.25, 0.3) is 0 Å². The van der Waals surface area contributed by atoms with E-state index in [1.807, 2.05) is 12.1 Å². The van der Waals surface area contributed by atoms with Crippen molar-refractivity contribution < 1.29 is 0 Å². The van der Waals surface area contributed by atoms with E-state index < -0.39 is 0 Å². The van der Waals surface area contributed by atoms with E-state index in [0.717, 1.165) is 16.0 Å². The first kappa shape index (κ1) is 9.50. The molecule has 0 radical (unpaired) electrons. The number of nitrogens with one attached hydrogen (secondary N) is 1. The fourth-order valence-electron chi connectivity index (χ4n) is 1.73. The molecule has 1 nitrogen and oxygen atoms in total. The lowest BCUT2D eigenvalue weighted by atomic mass is 10.1. The van der Waals surface area contributed by atoms with Gasteiger partial charge in [0.2, 0.25) is 0 Å². The number of hydrogen-bond donors (Lipinski definition) is 1. The summed E-state index contributed by atoms with van der Waals surface area (Å²) in [5.41, 5.74) is 1.32. The van der Waals surface area contributed by atoms with Crippen LogP contribution in [0.1, 0.15) is 24.4 Å². The first-order chi connectivity index (χ1) is 6.27. The van der Waals surface area contributed by atoms with Crippen molar-refractivity contribution in [2.75, 3.05) is 6.54 Å². The summed E-state index contributed by atoms with van der Waals surface area (Å²) in [4.78, 5) is 0. The Hall–Kier alpha value is -0.0500. The van der Waals surface area contributed by atoms with Crippen LogP contribution in [-0.4, -0.2) is 6.54 Å². The van der Waals surface area contributed by atoms with Crippen molar-refractivity contribution in [1.29, 1.82) is 0 Å². The molecule has 1 N–H and O–H groups in total. The SMILES string of the molecule is Clc1ccc(C2CCCN2)c(Br)c1.